The first kappa shape index (κ1) is 21.7. The minimum absolute atomic E-state index is 0.0258. The van der Waals surface area contributed by atoms with Crippen molar-refractivity contribution in [3.63, 3.8) is 0 Å². The van der Waals surface area contributed by atoms with Gasteiger partial charge in [0.05, 0.1) is 12.8 Å². The van der Waals surface area contributed by atoms with E-state index in [0.717, 1.165) is 6.42 Å². The van der Waals surface area contributed by atoms with Crippen molar-refractivity contribution < 1.29 is 30.3 Å². The Labute approximate surface area is 119 Å². The molecule has 9 N–H and O–H groups in total. The van der Waals surface area contributed by atoms with Crippen LogP contribution in [-0.2, 0) is 4.79 Å². The molecule has 20 heavy (non-hydrogen) atoms. The molecule has 0 aliphatic rings. The number of aliphatic hydroxyl groups excluding tert-OH is 5. The summed E-state index contributed by atoms with van der Waals surface area (Å²) in [6, 6.07) is 0. The average Bonchev–Trinajstić information content (AvgIpc) is 2.44. The highest BCUT2D eigenvalue weighted by Crippen LogP contribution is 2.03. The van der Waals surface area contributed by atoms with Crippen LogP contribution >= 0.6 is 0 Å². The summed E-state index contributed by atoms with van der Waals surface area (Å²) in [5.41, 5.74) is 10.6. The van der Waals surface area contributed by atoms with E-state index in [4.69, 9.17) is 37.0 Å². The molecule has 0 aromatic carbocycles. The number of unbranched alkanes of at least 4 members (excludes halogenated alkanes) is 2. The standard InChI is InChI=1S/C6H16N2.C6H12O6/c1-2-3-4-5-6(7)8;7-1-3(9)5(11)6(12)4(10)2-8/h6H,2-5,7-8H2,1H3;1,3-6,8-12H,2H2. The van der Waals surface area contributed by atoms with E-state index in [0.29, 0.717) is 0 Å². The molecule has 0 bridgehead atoms. The SMILES string of the molecule is CCCCCC(N)N.O=CC(O)C(O)C(O)C(O)CO. The van der Waals surface area contributed by atoms with Gasteiger partial charge in [-0.3, -0.25) is 0 Å². The summed E-state index contributed by atoms with van der Waals surface area (Å²) in [6.07, 6.45) is -2.30. The van der Waals surface area contributed by atoms with Crippen LogP contribution in [0.4, 0.5) is 0 Å². The van der Waals surface area contributed by atoms with E-state index >= 15 is 0 Å². The Morgan fingerprint density at radius 1 is 1.05 bits per heavy atom. The third-order valence-electron chi connectivity index (χ3n) is 2.56. The number of aldehydes is 1. The van der Waals surface area contributed by atoms with E-state index in [2.05, 4.69) is 6.92 Å². The van der Waals surface area contributed by atoms with Crippen LogP contribution in [0.5, 0.6) is 0 Å². The third-order valence-corrected chi connectivity index (χ3v) is 2.56. The van der Waals surface area contributed by atoms with Crippen LogP contribution in [0.1, 0.15) is 32.6 Å². The molecule has 0 saturated heterocycles. The van der Waals surface area contributed by atoms with Crippen LogP contribution in [0.15, 0.2) is 0 Å². The molecule has 8 heteroatoms. The molecular weight excluding hydrogens is 268 g/mol. The summed E-state index contributed by atoms with van der Waals surface area (Å²) in [5, 5.41) is 43.5. The van der Waals surface area contributed by atoms with Crippen molar-refractivity contribution in [1.82, 2.24) is 0 Å². The van der Waals surface area contributed by atoms with Gasteiger partial charge in [-0.1, -0.05) is 26.2 Å². The lowest BCUT2D eigenvalue weighted by Crippen LogP contribution is -2.46. The quantitative estimate of drug-likeness (QED) is 0.138. The highest BCUT2D eigenvalue weighted by Gasteiger charge is 2.29. The molecule has 0 heterocycles. The highest BCUT2D eigenvalue weighted by atomic mass is 16.4. The molecule has 0 aliphatic carbocycles. The maximum absolute atomic E-state index is 9.90. The van der Waals surface area contributed by atoms with Gasteiger partial charge in [-0.25, -0.2) is 0 Å². The topological polar surface area (TPSA) is 170 Å². The molecule has 0 spiro atoms. The first-order valence-corrected chi connectivity index (χ1v) is 6.61. The smallest absolute Gasteiger partial charge is 0.151 e. The van der Waals surface area contributed by atoms with E-state index in [-0.39, 0.29) is 12.5 Å². The number of carbonyl (C=O) groups is 1. The van der Waals surface area contributed by atoms with Gasteiger partial charge in [0.1, 0.15) is 24.4 Å². The lowest BCUT2D eigenvalue weighted by molar-refractivity contribution is -0.136. The van der Waals surface area contributed by atoms with E-state index in [1.807, 2.05) is 0 Å². The van der Waals surface area contributed by atoms with E-state index in [9.17, 15) is 4.79 Å². The second kappa shape index (κ2) is 13.4. The van der Waals surface area contributed by atoms with Crippen LogP contribution in [0, 0.1) is 0 Å². The van der Waals surface area contributed by atoms with Gasteiger partial charge in [0, 0.05) is 0 Å². The molecule has 0 saturated carbocycles. The minimum Gasteiger partial charge on any atom is -0.394 e. The number of carbonyl (C=O) groups excluding carboxylic acids is 1. The van der Waals surface area contributed by atoms with Crippen molar-refractivity contribution in [3.05, 3.63) is 0 Å². The third kappa shape index (κ3) is 11.2. The number of aliphatic hydroxyl groups is 5. The molecule has 8 nitrogen and oxygen atoms in total. The Morgan fingerprint density at radius 3 is 1.95 bits per heavy atom. The van der Waals surface area contributed by atoms with Crippen molar-refractivity contribution in [1.29, 1.82) is 0 Å². The summed E-state index contributed by atoms with van der Waals surface area (Å²) >= 11 is 0. The second-order valence-corrected chi connectivity index (χ2v) is 4.52. The molecule has 0 aromatic rings. The second-order valence-electron chi connectivity index (χ2n) is 4.52. The summed E-state index contributed by atoms with van der Waals surface area (Å²) in [7, 11) is 0. The van der Waals surface area contributed by atoms with Crippen molar-refractivity contribution in [3.8, 4) is 0 Å². The van der Waals surface area contributed by atoms with Crippen LogP contribution in [-0.4, -0.2) is 69.0 Å². The Kier molecular flexibility index (Phi) is 14.5. The molecule has 0 fully saturated rings. The lowest BCUT2D eigenvalue weighted by atomic mass is 10.0. The highest BCUT2D eigenvalue weighted by molar-refractivity contribution is 5.56. The maximum Gasteiger partial charge on any atom is 0.151 e. The summed E-state index contributed by atoms with van der Waals surface area (Å²) in [4.78, 5) is 9.90. The van der Waals surface area contributed by atoms with E-state index in [1.165, 1.54) is 19.3 Å². The van der Waals surface area contributed by atoms with Gasteiger partial charge in [-0.05, 0) is 6.42 Å². The fourth-order valence-corrected chi connectivity index (χ4v) is 1.25. The largest absolute Gasteiger partial charge is 0.394 e. The van der Waals surface area contributed by atoms with Gasteiger partial charge in [0.2, 0.25) is 0 Å². The summed E-state index contributed by atoms with van der Waals surface area (Å²) in [6.45, 7) is 1.41. The molecule has 0 amide bonds. The first-order valence-electron chi connectivity index (χ1n) is 6.61. The molecule has 4 unspecified atom stereocenters. The van der Waals surface area contributed by atoms with Crippen molar-refractivity contribution in [2.75, 3.05) is 6.61 Å². The zero-order chi connectivity index (χ0) is 16.1. The molecule has 4 atom stereocenters. The zero-order valence-electron chi connectivity index (χ0n) is 11.8. The Hall–Kier alpha value is -0.610. The number of hydrogen-bond donors (Lipinski definition) is 7. The van der Waals surface area contributed by atoms with Gasteiger partial charge >= 0.3 is 0 Å². The number of rotatable bonds is 9. The van der Waals surface area contributed by atoms with Gasteiger partial charge in [0.25, 0.3) is 0 Å². The van der Waals surface area contributed by atoms with Gasteiger partial charge < -0.3 is 41.8 Å². The average molecular weight is 296 g/mol. The minimum atomic E-state index is -1.79. The predicted octanol–water partition coefficient (Wildman–Crippen LogP) is -2.57. The van der Waals surface area contributed by atoms with Crippen LogP contribution in [0.2, 0.25) is 0 Å². The lowest BCUT2D eigenvalue weighted by Gasteiger charge is -2.22. The Bertz CT molecular complexity index is 230. The Balaban J connectivity index is 0. The fraction of sp³-hybridized carbons (Fsp3) is 0.917. The zero-order valence-corrected chi connectivity index (χ0v) is 11.8. The van der Waals surface area contributed by atoms with Gasteiger partial charge in [-0.2, -0.15) is 0 Å². The molecule has 0 aromatic heterocycles. The summed E-state index contributed by atoms with van der Waals surface area (Å²) < 4.78 is 0. The van der Waals surface area contributed by atoms with E-state index < -0.39 is 31.0 Å². The van der Waals surface area contributed by atoms with E-state index in [1.54, 1.807) is 0 Å². The van der Waals surface area contributed by atoms with Crippen LogP contribution in [0.25, 0.3) is 0 Å². The fourth-order valence-electron chi connectivity index (χ4n) is 1.25. The number of nitrogens with two attached hydrogens (primary N) is 2. The number of hydrogen-bond acceptors (Lipinski definition) is 8. The van der Waals surface area contributed by atoms with Crippen molar-refractivity contribution in [2.24, 2.45) is 11.5 Å². The normalized spacial score (nSPS) is 16.9. The molecule has 0 rings (SSSR count). The molecule has 0 radical (unpaired) electrons. The predicted molar refractivity (Wildman–Crippen MR) is 73.5 cm³/mol. The monoisotopic (exact) mass is 296 g/mol. The van der Waals surface area contributed by atoms with Crippen LogP contribution in [0.3, 0.4) is 0 Å². The molecular formula is C12H28N2O6. The maximum atomic E-state index is 9.90. The first-order chi connectivity index (χ1) is 9.31. The van der Waals surface area contributed by atoms with Crippen molar-refractivity contribution >= 4 is 6.29 Å². The van der Waals surface area contributed by atoms with Gasteiger partial charge in [0.15, 0.2) is 6.29 Å². The summed E-state index contributed by atoms with van der Waals surface area (Å²) in [5.74, 6) is 0. The molecule has 0 aliphatic heterocycles. The molecule has 122 valence electrons. The van der Waals surface area contributed by atoms with Crippen LogP contribution < -0.4 is 11.5 Å². The van der Waals surface area contributed by atoms with Gasteiger partial charge in [-0.15, -0.1) is 0 Å². The van der Waals surface area contributed by atoms with Crippen molar-refractivity contribution in [2.45, 2.75) is 63.2 Å². The Morgan fingerprint density at radius 2 is 1.60 bits per heavy atom.